The van der Waals surface area contributed by atoms with Crippen LogP contribution < -0.4 is 5.32 Å². The monoisotopic (exact) mass is 173 g/mol. The van der Waals surface area contributed by atoms with E-state index < -0.39 is 0 Å². The molecule has 1 unspecified atom stereocenters. The molecule has 0 aliphatic carbocycles. The van der Waals surface area contributed by atoms with Gasteiger partial charge in [0.05, 0.1) is 5.60 Å². The van der Waals surface area contributed by atoms with E-state index in [4.69, 9.17) is 4.74 Å². The average Bonchev–Trinajstić information content (AvgIpc) is 2.05. The van der Waals surface area contributed by atoms with Gasteiger partial charge in [0.2, 0.25) is 0 Å². The van der Waals surface area contributed by atoms with Crippen molar-refractivity contribution in [3.05, 3.63) is 0 Å². The molecule has 74 valence electrons. The first-order chi connectivity index (χ1) is 5.58. The Morgan fingerprint density at radius 3 is 2.33 bits per heavy atom. The minimum atomic E-state index is -0.0517. The highest BCUT2D eigenvalue weighted by Crippen LogP contribution is 2.18. The van der Waals surface area contributed by atoms with Crippen LogP contribution in [0.15, 0.2) is 0 Å². The molecule has 0 bridgehead atoms. The van der Waals surface area contributed by atoms with E-state index in [0.29, 0.717) is 6.04 Å². The summed E-state index contributed by atoms with van der Waals surface area (Å²) in [5.41, 5.74) is -0.0517. The SMILES string of the molecule is CCCCC(NC)C(C)(C)OC. The summed E-state index contributed by atoms with van der Waals surface area (Å²) < 4.78 is 5.43. The van der Waals surface area contributed by atoms with Crippen molar-refractivity contribution < 1.29 is 4.74 Å². The zero-order chi connectivity index (χ0) is 9.61. The van der Waals surface area contributed by atoms with E-state index >= 15 is 0 Å². The van der Waals surface area contributed by atoms with E-state index in [1.165, 1.54) is 19.3 Å². The molecule has 0 amide bonds. The molecule has 1 N–H and O–H groups in total. The highest BCUT2D eigenvalue weighted by atomic mass is 16.5. The Morgan fingerprint density at radius 2 is 2.00 bits per heavy atom. The first-order valence-corrected chi connectivity index (χ1v) is 4.81. The van der Waals surface area contributed by atoms with E-state index in [0.717, 1.165) is 0 Å². The molecule has 0 saturated heterocycles. The maximum Gasteiger partial charge on any atom is 0.0774 e. The second-order valence-corrected chi connectivity index (χ2v) is 3.79. The maximum atomic E-state index is 5.43. The van der Waals surface area contributed by atoms with Crippen molar-refractivity contribution in [2.75, 3.05) is 14.2 Å². The van der Waals surface area contributed by atoms with Crippen LogP contribution in [0, 0.1) is 0 Å². The van der Waals surface area contributed by atoms with Crippen molar-refractivity contribution in [2.45, 2.75) is 51.7 Å². The number of hydrogen-bond donors (Lipinski definition) is 1. The number of unbranched alkanes of at least 4 members (excludes halogenated alkanes) is 1. The molecule has 0 aliphatic heterocycles. The number of rotatable bonds is 6. The van der Waals surface area contributed by atoms with Crippen LogP contribution in [0.4, 0.5) is 0 Å². The third-order valence-electron chi connectivity index (χ3n) is 2.56. The van der Waals surface area contributed by atoms with E-state index in [1.807, 2.05) is 7.05 Å². The highest BCUT2D eigenvalue weighted by Gasteiger charge is 2.26. The van der Waals surface area contributed by atoms with Gasteiger partial charge in [-0.3, -0.25) is 0 Å². The fourth-order valence-corrected chi connectivity index (χ4v) is 1.39. The van der Waals surface area contributed by atoms with Gasteiger partial charge >= 0.3 is 0 Å². The number of nitrogens with one attached hydrogen (secondary N) is 1. The lowest BCUT2D eigenvalue weighted by Gasteiger charge is -2.32. The quantitative estimate of drug-likeness (QED) is 0.665. The lowest BCUT2D eigenvalue weighted by Crippen LogP contribution is -2.46. The number of ether oxygens (including phenoxy) is 1. The predicted octanol–water partition coefficient (Wildman–Crippen LogP) is 2.19. The summed E-state index contributed by atoms with van der Waals surface area (Å²) in [6.45, 7) is 6.47. The normalized spacial score (nSPS) is 14.8. The largest absolute Gasteiger partial charge is 0.377 e. The smallest absolute Gasteiger partial charge is 0.0774 e. The Bertz CT molecular complexity index is 112. The minimum absolute atomic E-state index is 0.0517. The summed E-state index contributed by atoms with van der Waals surface area (Å²) in [6.07, 6.45) is 3.70. The summed E-state index contributed by atoms with van der Waals surface area (Å²) in [5.74, 6) is 0. The molecule has 0 fully saturated rings. The molecule has 2 heteroatoms. The Morgan fingerprint density at radius 1 is 1.42 bits per heavy atom. The summed E-state index contributed by atoms with van der Waals surface area (Å²) in [6, 6.07) is 0.461. The van der Waals surface area contributed by atoms with E-state index in [-0.39, 0.29) is 5.60 Å². The average molecular weight is 173 g/mol. The first-order valence-electron chi connectivity index (χ1n) is 4.81. The van der Waals surface area contributed by atoms with Gasteiger partial charge in [-0.2, -0.15) is 0 Å². The van der Waals surface area contributed by atoms with Gasteiger partial charge in [0.15, 0.2) is 0 Å². The Kier molecular flexibility index (Phi) is 5.51. The molecule has 0 aromatic heterocycles. The Balaban J connectivity index is 3.95. The molecule has 0 radical (unpaired) electrons. The van der Waals surface area contributed by atoms with Gasteiger partial charge in [-0.05, 0) is 27.3 Å². The van der Waals surface area contributed by atoms with Crippen molar-refractivity contribution in [1.82, 2.24) is 5.32 Å². The standard InChI is InChI=1S/C10H23NO/c1-6-7-8-9(11-4)10(2,3)12-5/h9,11H,6-8H2,1-5H3. The van der Waals surface area contributed by atoms with Gasteiger partial charge in [-0.25, -0.2) is 0 Å². The van der Waals surface area contributed by atoms with Crippen molar-refractivity contribution in [1.29, 1.82) is 0 Å². The van der Waals surface area contributed by atoms with Gasteiger partial charge < -0.3 is 10.1 Å². The maximum absolute atomic E-state index is 5.43. The molecule has 0 rings (SSSR count). The van der Waals surface area contributed by atoms with Crippen molar-refractivity contribution in [2.24, 2.45) is 0 Å². The zero-order valence-corrected chi connectivity index (χ0v) is 9.11. The van der Waals surface area contributed by atoms with Gasteiger partial charge in [-0.15, -0.1) is 0 Å². The molecular weight excluding hydrogens is 150 g/mol. The number of likely N-dealkylation sites (N-methyl/N-ethyl adjacent to an activating group) is 1. The van der Waals surface area contributed by atoms with Crippen LogP contribution in [0.1, 0.15) is 40.0 Å². The van der Waals surface area contributed by atoms with Gasteiger partial charge in [0.1, 0.15) is 0 Å². The molecule has 0 aromatic rings. The molecule has 2 nitrogen and oxygen atoms in total. The molecular formula is C10H23NO. The van der Waals surface area contributed by atoms with Crippen LogP contribution in [-0.2, 0) is 4.74 Å². The molecule has 0 aliphatic rings. The zero-order valence-electron chi connectivity index (χ0n) is 9.11. The molecule has 0 heterocycles. The van der Waals surface area contributed by atoms with Crippen LogP contribution in [0.5, 0.6) is 0 Å². The van der Waals surface area contributed by atoms with Gasteiger partial charge in [0.25, 0.3) is 0 Å². The molecule has 0 saturated carbocycles. The second-order valence-electron chi connectivity index (χ2n) is 3.79. The molecule has 1 atom stereocenters. The minimum Gasteiger partial charge on any atom is -0.377 e. The van der Waals surface area contributed by atoms with Crippen LogP contribution in [0.2, 0.25) is 0 Å². The van der Waals surface area contributed by atoms with Crippen molar-refractivity contribution in [3.63, 3.8) is 0 Å². The van der Waals surface area contributed by atoms with Gasteiger partial charge in [0, 0.05) is 13.2 Å². The lowest BCUT2D eigenvalue weighted by atomic mass is 9.94. The van der Waals surface area contributed by atoms with Crippen LogP contribution >= 0.6 is 0 Å². The Labute approximate surface area is 76.7 Å². The van der Waals surface area contributed by atoms with Crippen LogP contribution in [0.25, 0.3) is 0 Å². The third-order valence-corrected chi connectivity index (χ3v) is 2.56. The van der Waals surface area contributed by atoms with E-state index in [1.54, 1.807) is 7.11 Å². The van der Waals surface area contributed by atoms with Gasteiger partial charge in [-0.1, -0.05) is 19.8 Å². The molecule has 0 spiro atoms. The molecule has 12 heavy (non-hydrogen) atoms. The van der Waals surface area contributed by atoms with E-state index in [9.17, 15) is 0 Å². The van der Waals surface area contributed by atoms with Crippen LogP contribution in [-0.4, -0.2) is 25.8 Å². The lowest BCUT2D eigenvalue weighted by molar-refractivity contribution is -0.0109. The summed E-state index contributed by atoms with van der Waals surface area (Å²) in [7, 11) is 3.78. The summed E-state index contributed by atoms with van der Waals surface area (Å²) in [4.78, 5) is 0. The summed E-state index contributed by atoms with van der Waals surface area (Å²) >= 11 is 0. The molecule has 0 aromatic carbocycles. The van der Waals surface area contributed by atoms with Crippen molar-refractivity contribution >= 4 is 0 Å². The van der Waals surface area contributed by atoms with E-state index in [2.05, 4.69) is 26.1 Å². The highest BCUT2D eigenvalue weighted by molar-refractivity contribution is 4.83. The topological polar surface area (TPSA) is 21.3 Å². The van der Waals surface area contributed by atoms with Crippen molar-refractivity contribution in [3.8, 4) is 0 Å². The fraction of sp³-hybridized carbons (Fsp3) is 1.00. The number of methoxy groups -OCH3 is 1. The first kappa shape index (κ1) is 11.9. The number of hydrogen-bond acceptors (Lipinski definition) is 2. The Hall–Kier alpha value is -0.0800. The fourth-order valence-electron chi connectivity index (χ4n) is 1.39. The summed E-state index contributed by atoms with van der Waals surface area (Å²) in [5, 5.41) is 3.30. The third kappa shape index (κ3) is 3.55. The second kappa shape index (κ2) is 5.55. The van der Waals surface area contributed by atoms with Crippen LogP contribution in [0.3, 0.4) is 0 Å². The predicted molar refractivity (Wildman–Crippen MR) is 53.5 cm³/mol.